The third-order valence-corrected chi connectivity index (χ3v) is 17.0. The number of hydrogen-bond acceptors (Lipinski definition) is 15. The zero-order valence-electron chi connectivity index (χ0n) is 59.1. The summed E-state index contributed by atoms with van der Waals surface area (Å²) in [6.45, 7) is 6.67. The molecule has 0 aromatic carbocycles. The van der Waals surface area contributed by atoms with Crippen molar-refractivity contribution >= 4 is 59.1 Å². The van der Waals surface area contributed by atoms with E-state index in [9.17, 15) is 47.9 Å². The van der Waals surface area contributed by atoms with E-state index in [1.807, 2.05) is 0 Å². The number of unbranched alkanes of at least 4 members (excludes halogenated alkanes) is 25. The molecule has 0 aliphatic rings. The van der Waals surface area contributed by atoms with Crippen LogP contribution >= 0.6 is 0 Å². The molecule has 0 bridgehead atoms. The van der Waals surface area contributed by atoms with Gasteiger partial charge >= 0.3 is 0 Å². The number of rotatable bonds is 68. The standard InChI is InChI=1S/C70H137N15O10/c1-2-3-4-9-18-43-62(87)82-57(38-24-29-48-72)67(92)77-53-34-15-6-11-20-45-64(89)84-59(40-26-31-50-74)69(94)79-55-36-17-8-13-22-46-65(90)85-60(41-27-32-51-75)70(95)80-54-35-16-7-12-21-44-63(88)83-58(39-25-30-49-73)68(93)78-52-33-14-5-10-19-42-61(86)81-56(66(76)91)37-23-28-47-71/h56-60H,2-55,71-75H2,1H3,(H2,76,91)(H,77,92)(H,78,93)(H,79,94)(H,80,95)(H,81,86)(H,82,87)(H,83,88)(H,84,89)(H,85,90). The lowest BCUT2D eigenvalue weighted by Crippen LogP contribution is -2.47. The van der Waals surface area contributed by atoms with Crippen molar-refractivity contribution in [3.8, 4) is 0 Å². The van der Waals surface area contributed by atoms with Crippen LogP contribution in [0.15, 0.2) is 0 Å². The predicted molar refractivity (Wildman–Crippen MR) is 380 cm³/mol. The normalized spacial score (nSPS) is 12.7. The molecule has 21 N–H and O–H groups in total. The third-order valence-electron chi connectivity index (χ3n) is 17.0. The molecule has 0 radical (unpaired) electrons. The van der Waals surface area contributed by atoms with Crippen molar-refractivity contribution in [1.29, 1.82) is 0 Å². The van der Waals surface area contributed by atoms with Crippen molar-refractivity contribution < 1.29 is 47.9 Å². The Labute approximate surface area is 572 Å². The van der Waals surface area contributed by atoms with Crippen LogP contribution in [-0.2, 0) is 47.9 Å². The van der Waals surface area contributed by atoms with Gasteiger partial charge in [0, 0.05) is 58.3 Å². The summed E-state index contributed by atoms with van der Waals surface area (Å²) in [5, 5.41) is 26.5. The number of nitrogens with two attached hydrogens (primary N) is 6. The van der Waals surface area contributed by atoms with Crippen LogP contribution in [-0.4, -0.2) is 148 Å². The maximum absolute atomic E-state index is 13.3. The number of hydrogen-bond donors (Lipinski definition) is 15. The Morgan fingerprint density at radius 1 is 0.242 bits per heavy atom. The van der Waals surface area contributed by atoms with E-state index in [2.05, 4.69) is 54.8 Å². The lowest BCUT2D eigenvalue weighted by Gasteiger charge is -2.19. The smallest absolute Gasteiger partial charge is 0.242 e. The molecule has 0 fully saturated rings. The summed E-state index contributed by atoms with van der Waals surface area (Å²) in [5.74, 6) is -2.08. The molecule has 0 saturated heterocycles. The van der Waals surface area contributed by atoms with Crippen LogP contribution in [0.25, 0.3) is 0 Å². The summed E-state index contributed by atoms with van der Waals surface area (Å²) in [6, 6.07) is -3.15. The van der Waals surface area contributed by atoms with Crippen molar-refractivity contribution in [3.05, 3.63) is 0 Å². The minimum absolute atomic E-state index is 0.0812. The van der Waals surface area contributed by atoms with Gasteiger partial charge in [-0.1, -0.05) is 110 Å². The Balaban J connectivity index is 4.56. The SMILES string of the molecule is CCCCCCCC(=O)NC(CCCCN)C(=O)NCCCCCCCC(=O)NC(CCCCN)C(=O)NCCCCCCCC(=O)NC(CCCCN)C(=O)NCCCCCCCC(=O)NC(CCCCN)C(=O)NCCCCCCCC(=O)NC(CCCCN)C(N)=O. The fourth-order valence-electron chi connectivity index (χ4n) is 11.1. The summed E-state index contributed by atoms with van der Waals surface area (Å²) >= 11 is 0. The molecular formula is C70H137N15O10. The van der Waals surface area contributed by atoms with Crippen LogP contribution in [0, 0.1) is 0 Å². The molecule has 0 saturated carbocycles. The zero-order valence-corrected chi connectivity index (χ0v) is 59.1. The van der Waals surface area contributed by atoms with E-state index in [1.165, 1.54) is 0 Å². The molecule has 5 unspecified atom stereocenters. The fraction of sp³-hybridized carbons (Fsp3) is 0.857. The Hall–Kier alpha value is -5.50. The number of carbonyl (C=O) groups is 10. The molecule has 0 aliphatic carbocycles. The van der Waals surface area contributed by atoms with Crippen molar-refractivity contribution in [2.24, 2.45) is 34.4 Å². The van der Waals surface area contributed by atoms with E-state index < -0.39 is 36.1 Å². The molecule has 5 atom stereocenters. The molecule has 0 rings (SSSR count). The number of nitrogens with one attached hydrogen (secondary N) is 9. The molecule has 25 nitrogen and oxygen atoms in total. The predicted octanol–water partition coefficient (Wildman–Crippen LogP) is 5.73. The first-order valence-electron chi connectivity index (χ1n) is 37.4. The van der Waals surface area contributed by atoms with E-state index in [0.717, 1.165) is 186 Å². The lowest BCUT2D eigenvalue weighted by atomic mass is 10.1. The Morgan fingerprint density at radius 2 is 0.432 bits per heavy atom. The van der Waals surface area contributed by atoms with E-state index >= 15 is 0 Å². The average molecular weight is 1350 g/mol. The highest BCUT2D eigenvalue weighted by atomic mass is 16.2. The van der Waals surface area contributed by atoms with Gasteiger partial charge in [0.1, 0.15) is 30.2 Å². The van der Waals surface area contributed by atoms with Crippen LogP contribution in [0.2, 0.25) is 0 Å². The molecule has 552 valence electrons. The maximum atomic E-state index is 13.3. The van der Waals surface area contributed by atoms with Crippen molar-refractivity contribution in [3.63, 3.8) is 0 Å². The van der Waals surface area contributed by atoms with Gasteiger partial charge in [-0.2, -0.15) is 0 Å². The highest BCUT2D eigenvalue weighted by molar-refractivity contribution is 5.90. The lowest BCUT2D eigenvalue weighted by molar-refractivity contribution is -0.129. The Morgan fingerprint density at radius 3 is 0.642 bits per heavy atom. The van der Waals surface area contributed by atoms with Gasteiger partial charge in [0.2, 0.25) is 59.1 Å². The maximum Gasteiger partial charge on any atom is 0.242 e. The van der Waals surface area contributed by atoms with E-state index in [1.54, 1.807) is 0 Å². The molecule has 0 aromatic heterocycles. The first kappa shape index (κ1) is 89.5. The first-order chi connectivity index (χ1) is 46.1. The van der Waals surface area contributed by atoms with Gasteiger partial charge in [0.05, 0.1) is 0 Å². The Kier molecular flexibility index (Phi) is 60.8. The van der Waals surface area contributed by atoms with Gasteiger partial charge in [-0.05, 0) is 187 Å². The molecule has 0 heterocycles. The molecule has 0 spiro atoms. The fourth-order valence-corrected chi connectivity index (χ4v) is 11.1. The van der Waals surface area contributed by atoms with Gasteiger partial charge < -0.3 is 82.3 Å². The van der Waals surface area contributed by atoms with Gasteiger partial charge in [-0.25, -0.2) is 0 Å². The summed E-state index contributed by atoms with van der Waals surface area (Å²) in [7, 11) is 0. The minimum Gasteiger partial charge on any atom is -0.368 e. The molecule has 95 heavy (non-hydrogen) atoms. The van der Waals surface area contributed by atoms with Crippen molar-refractivity contribution in [2.45, 2.75) is 326 Å². The monoisotopic (exact) mass is 1350 g/mol. The summed E-state index contributed by atoms with van der Waals surface area (Å²) < 4.78 is 0. The van der Waals surface area contributed by atoms with Crippen LogP contribution in [0.1, 0.15) is 296 Å². The molecular weight excluding hydrogens is 1210 g/mol. The molecule has 0 aromatic rings. The topological polar surface area (TPSA) is 435 Å². The van der Waals surface area contributed by atoms with E-state index in [-0.39, 0.29) is 53.2 Å². The van der Waals surface area contributed by atoms with Gasteiger partial charge in [-0.3, -0.25) is 47.9 Å². The number of carbonyl (C=O) groups excluding carboxylic acids is 10. The second-order valence-electron chi connectivity index (χ2n) is 25.8. The third kappa shape index (κ3) is 54.2. The van der Waals surface area contributed by atoms with Crippen LogP contribution in [0.4, 0.5) is 0 Å². The summed E-state index contributed by atoms with van der Waals surface area (Å²) in [5.41, 5.74) is 33.8. The minimum atomic E-state index is -0.677. The summed E-state index contributed by atoms with van der Waals surface area (Å²) in [4.78, 5) is 128. The van der Waals surface area contributed by atoms with E-state index in [4.69, 9.17) is 34.4 Å². The first-order valence-corrected chi connectivity index (χ1v) is 37.4. The van der Waals surface area contributed by atoms with Gasteiger partial charge in [0.25, 0.3) is 0 Å². The van der Waals surface area contributed by atoms with Gasteiger partial charge in [0.15, 0.2) is 0 Å². The van der Waals surface area contributed by atoms with Crippen LogP contribution < -0.4 is 82.3 Å². The highest BCUT2D eigenvalue weighted by Crippen LogP contribution is 2.14. The van der Waals surface area contributed by atoms with Crippen LogP contribution in [0.3, 0.4) is 0 Å². The number of amides is 10. The quantitative estimate of drug-likeness (QED) is 0.0323. The second kappa shape index (κ2) is 64.5. The summed E-state index contributed by atoms with van der Waals surface area (Å²) in [6.07, 6.45) is 33.1. The highest BCUT2D eigenvalue weighted by Gasteiger charge is 2.24. The molecule has 10 amide bonds. The van der Waals surface area contributed by atoms with E-state index in [0.29, 0.717) is 162 Å². The van der Waals surface area contributed by atoms with Crippen molar-refractivity contribution in [1.82, 2.24) is 47.9 Å². The molecule has 25 heteroatoms. The second-order valence-corrected chi connectivity index (χ2v) is 25.8. The zero-order chi connectivity index (χ0) is 70.2. The Bertz CT molecular complexity index is 2030. The molecule has 0 aliphatic heterocycles. The average Bonchev–Trinajstić information content (AvgIpc) is 2.26. The van der Waals surface area contributed by atoms with Crippen molar-refractivity contribution in [2.75, 3.05) is 58.9 Å². The largest absolute Gasteiger partial charge is 0.368 e. The number of primary amides is 1. The van der Waals surface area contributed by atoms with Gasteiger partial charge in [-0.15, -0.1) is 0 Å². The van der Waals surface area contributed by atoms with Crippen LogP contribution in [0.5, 0.6) is 0 Å².